The van der Waals surface area contributed by atoms with Gasteiger partial charge in [-0.2, -0.15) is 9.50 Å². The minimum absolute atomic E-state index is 0.0886. The lowest BCUT2D eigenvalue weighted by Crippen LogP contribution is -2.30. The fourth-order valence-corrected chi connectivity index (χ4v) is 3.10. The van der Waals surface area contributed by atoms with Gasteiger partial charge in [0.05, 0.1) is 12.8 Å². The Kier molecular flexibility index (Phi) is 6.14. The van der Waals surface area contributed by atoms with Gasteiger partial charge in [-0.25, -0.2) is 4.98 Å². The summed E-state index contributed by atoms with van der Waals surface area (Å²) in [4.78, 5) is 33.1. The average Bonchev–Trinajstić information content (AvgIpc) is 3.08. The maximum absolute atomic E-state index is 12.4. The normalized spacial score (nSPS) is 11.9. The molecule has 30 heavy (non-hydrogen) atoms. The number of carbonyl (C=O) groups excluding carboxylic acids is 2. The molecule has 10 nitrogen and oxygen atoms in total. The molecule has 10 heteroatoms. The quantitative estimate of drug-likeness (QED) is 0.562. The van der Waals surface area contributed by atoms with Crippen molar-refractivity contribution in [3.05, 3.63) is 41.2 Å². The molecular formula is C20H24N6O4. The number of amides is 1. The lowest BCUT2D eigenvalue weighted by molar-refractivity contribution is -0.153. The summed E-state index contributed by atoms with van der Waals surface area (Å²) in [7, 11) is 1.51. The zero-order valence-electron chi connectivity index (χ0n) is 17.3. The van der Waals surface area contributed by atoms with E-state index < -0.39 is 18.0 Å². The van der Waals surface area contributed by atoms with Gasteiger partial charge >= 0.3 is 5.97 Å². The number of nitrogen functional groups attached to an aromatic ring is 1. The van der Waals surface area contributed by atoms with Crippen LogP contribution in [0.2, 0.25) is 0 Å². The van der Waals surface area contributed by atoms with Crippen molar-refractivity contribution in [1.82, 2.24) is 19.6 Å². The average molecular weight is 412 g/mol. The minimum atomic E-state index is -0.958. The SMILES string of the molecule is COc1ccccc1NC(=O)C(C)OC(=O)CCc1c(C)nc2nc(N)nn2c1C. The van der Waals surface area contributed by atoms with Crippen LogP contribution >= 0.6 is 0 Å². The Morgan fingerprint density at radius 3 is 2.70 bits per heavy atom. The molecule has 3 N–H and O–H groups in total. The van der Waals surface area contributed by atoms with E-state index in [2.05, 4.69) is 20.4 Å². The fourth-order valence-electron chi connectivity index (χ4n) is 3.10. The molecule has 0 spiro atoms. The van der Waals surface area contributed by atoms with Crippen molar-refractivity contribution in [1.29, 1.82) is 0 Å². The first-order valence-corrected chi connectivity index (χ1v) is 9.41. The van der Waals surface area contributed by atoms with Crippen LogP contribution in [0, 0.1) is 13.8 Å². The van der Waals surface area contributed by atoms with Gasteiger partial charge in [0.2, 0.25) is 5.95 Å². The number of nitrogens with zero attached hydrogens (tertiary/aromatic N) is 4. The minimum Gasteiger partial charge on any atom is -0.495 e. The summed E-state index contributed by atoms with van der Waals surface area (Å²) in [5, 5.41) is 6.81. The molecule has 0 aliphatic heterocycles. The number of hydrogen-bond donors (Lipinski definition) is 2. The van der Waals surface area contributed by atoms with Gasteiger partial charge in [0.15, 0.2) is 6.10 Å². The second-order valence-corrected chi connectivity index (χ2v) is 6.76. The van der Waals surface area contributed by atoms with E-state index in [1.807, 2.05) is 13.8 Å². The first-order valence-electron chi connectivity index (χ1n) is 9.41. The lowest BCUT2D eigenvalue weighted by atomic mass is 10.1. The topological polar surface area (TPSA) is 134 Å². The van der Waals surface area contributed by atoms with Gasteiger partial charge in [-0.1, -0.05) is 12.1 Å². The van der Waals surface area contributed by atoms with Gasteiger partial charge in [0.25, 0.3) is 11.7 Å². The highest BCUT2D eigenvalue weighted by atomic mass is 16.5. The number of benzene rings is 1. The smallest absolute Gasteiger partial charge is 0.306 e. The second-order valence-electron chi connectivity index (χ2n) is 6.76. The predicted octanol–water partition coefficient (Wildman–Crippen LogP) is 1.83. The number of aryl methyl sites for hydroxylation is 2. The molecule has 3 rings (SSSR count). The first-order chi connectivity index (χ1) is 14.3. The third kappa shape index (κ3) is 4.48. The summed E-state index contributed by atoms with van der Waals surface area (Å²) >= 11 is 0. The number of esters is 1. The number of aromatic nitrogens is 4. The van der Waals surface area contributed by atoms with Crippen molar-refractivity contribution in [2.75, 3.05) is 18.2 Å². The van der Waals surface area contributed by atoms with Crippen molar-refractivity contribution in [2.24, 2.45) is 0 Å². The standard InChI is InChI=1S/C20H24N6O4/c1-11-14(12(2)26-20(22-11)24-19(21)25-26)9-10-17(27)30-13(3)18(28)23-15-7-5-6-8-16(15)29-4/h5-8,13H,9-10H2,1-4H3,(H2,21,25)(H,23,28). The highest BCUT2D eigenvalue weighted by Gasteiger charge is 2.20. The molecule has 0 aliphatic carbocycles. The molecular weight excluding hydrogens is 388 g/mol. The lowest BCUT2D eigenvalue weighted by Gasteiger charge is -2.15. The van der Waals surface area contributed by atoms with Gasteiger partial charge in [-0.3, -0.25) is 9.59 Å². The Bertz CT molecular complexity index is 1090. The van der Waals surface area contributed by atoms with Gasteiger partial charge in [-0.15, -0.1) is 5.10 Å². The third-order valence-electron chi connectivity index (χ3n) is 4.69. The van der Waals surface area contributed by atoms with E-state index in [4.69, 9.17) is 15.2 Å². The number of carbonyl (C=O) groups is 2. The fraction of sp³-hybridized carbons (Fsp3) is 0.350. The van der Waals surface area contributed by atoms with E-state index >= 15 is 0 Å². The molecule has 1 unspecified atom stereocenters. The zero-order valence-corrected chi connectivity index (χ0v) is 17.3. The summed E-state index contributed by atoms with van der Waals surface area (Å²) in [6, 6.07) is 7.00. The van der Waals surface area contributed by atoms with Crippen molar-refractivity contribution in [3.8, 4) is 5.75 Å². The van der Waals surface area contributed by atoms with E-state index in [-0.39, 0.29) is 12.4 Å². The molecule has 0 saturated heterocycles. The van der Waals surface area contributed by atoms with Crippen LogP contribution in [0.4, 0.5) is 11.6 Å². The Hall–Kier alpha value is -3.69. The first kappa shape index (κ1) is 21.0. The molecule has 158 valence electrons. The van der Waals surface area contributed by atoms with Crippen LogP contribution in [-0.2, 0) is 20.7 Å². The molecule has 3 aromatic rings. The largest absolute Gasteiger partial charge is 0.495 e. The Labute approximate surface area is 173 Å². The van der Waals surface area contributed by atoms with E-state index in [1.54, 1.807) is 28.8 Å². The maximum Gasteiger partial charge on any atom is 0.306 e. The van der Waals surface area contributed by atoms with E-state index in [0.29, 0.717) is 23.6 Å². The molecule has 2 aromatic heterocycles. The number of nitrogens with one attached hydrogen (secondary N) is 1. The second kappa shape index (κ2) is 8.76. The molecule has 2 heterocycles. The molecule has 1 amide bonds. The Morgan fingerprint density at radius 2 is 1.97 bits per heavy atom. The Morgan fingerprint density at radius 1 is 1.23 bits per heavy atom. The molecule has 0 bridgehead atoms. The van der Waals surface area contributed by atoms with Gasteiger partial charge < -0.3 is 20.5 Å². The number of fused-ring (bicyclic) bond motifs is 1. The van der Waals surface area contributed by atoms with Crippen LogP contribution in [0.3, 0.4) is 0 Å². The zero-order chi connectivity index (χ0) is 21.8. The monoisotopic (exact) mass is 412 g/mol. The van der Waals surface area contributed by atoms with Crippen molar-refractivity contribution in [3.63, 3.8) is 0 Å². The maximum atomic E-state index is 12.4. The molecule has 0 saturated carbocycles. The summed E-state index contributed by atoms with van der Waals surface area (Å²) in [6.45, 7) is 5.21. The van der Waals surface area contributed by atoms with Gasteiger partial charge in [0.1, 0.15) is 5.75 Å². The summed E-state index contributed by atoms with van der Waals surface area (Å²) in [6.07, 6.45) is -0.480. The highest BCUT2D eigenvalue weighted by Crippen LogP contribution is 2.23. The van der Waals surface area contributed by atoms with Crippen LogP contribution in [0.25, 0.3) is 5.78 Å². The van der Waals surface area contributed by atoms with Crippen LogP contribution in [-0.4, -0.2) is 44.7 Å². The number of anilines is 2. The molecule has 0 aliphatic rings. The summed E-state index contributed by atoms with van der Waals surface area (Å²) in [5.74, 6) is 0.134. The number of nitrogens with two attached hydrogens (primary N) is 1. The van der Waals surface area contributed by atoms with Crippen LogP contribution in [0.5, 0.6) is 5.75 Å². The number of methoxy groups -OCH3 is 1. The number of hydrogen-bond acceptors (Lipinski definition) is 8. The molecule has 0 fully saturated rings. The number of rotatable bonds is 7. The summed E-state index contributed by atoms with van der Waals surface area (Å²) in [5.41, 5.74) is 8.54. The van der Waals surface area contributed by atoms with E-state index in [9.17, 15) is 9.59 Å². The van der Waals surface area contributed by atoms with Crippen LogP contribution < -0.4 is 15.8 Å². The van der Waals surface area contributed by atoms with E-state index in [0.717, 1.165) is 17.0 Å². The van der Waals surface area contributed by atoms with Gasteiger partial charge in [-0.05, 0) is 44.9 Å². The van der Waals surface area contributed by atoms with Crippen LogP contribution in [0.15, 0.2) is 24.3 Å². The molecule has 0 radical (unpaired) electrons. The number of para-hydroxylation sites is 2. The molecule has 1 atom stereocenters. The van der Waals surface area contributed by atoms with Crippen molar-refractivity contribution < 1.29 is 19.1 Å². The highest BCUT2D eigenvalue weighted by molar-refractivity contribution is 5.96. The van der Waals surface area contributed by atoms with Gasteiger partial charge in [0, 0.05) is 17.8 Å². The van der Waals surface area contributed by atoms with Crippen molar-refractivity contribution >= 4 is 29.3 Å². The summed E-state index contributed by atoms with van der Waals surface area (Å²) < 4.78 is 12.0. The third-order valence-corrected chi connectivity index (χ3v) is 4.69. The number of ether oxygens (including phenoxy) is 2. The van der Waals surface area contributed by atoms with Crippen molar-refractivity contribution in [2.45, 2.75) is 39.7 Å². The van der Waals surface area contributed by atoms with Crippen LogP contribution in [0.1, 0.15) is 30.3 Å². The van der Waals surface area contributed by atoms with E-state index in [1.165, 1.54) is 14.0 Å². The molecule has 1 aromatic carbocycles. The Balaban J connectivity index is 1.60. The predicted molar refractivity (Wildman–Crippen MR) is 110 cm³/mol.